The van der Waals surface area contributed by atoms with Crippen molar-refractivity contribution in [3.63, 3.8) is 0 Å². The van der Waals surface area contributed by atoms with Crippen molar-refractivity contribution in [2.45, 2.75) is 84.3 Å². The van der Waals surface area contributed by atoms with E-state index in [1.165, 1.54) is 12.8 Å². The number of hydrogen-bond acceptors (Lipinski definition) is 2. The van der Waals surface area contributed by atoms with Crippen molar-refractivity contribution in [3.05, 3.63) is 12.7 Å². The van der Waals surface area contributed by atoms with Gasteiger partial charge in [-0.25, -0.2) is 0 Å². The first-order valence-corrected chi connectivity index (χ1v) is 8.53. The van der Waals surface area contributed by atoms with Gasteiger partial charge in [-0.15, -0.1) is 6.58 Å². The second kappa shape index (κ2) is 5.09. The van der Waals surface area contributed by atoms with E-state index in [1.54, 1.807) is 6.08 Å². The van der Waals surface area contributed by atoms with Crippen molar-refractivity contribution in [2.24, 2.45) is 22.7 Å². The predicted molar refractivity (Wildman–Crippen MR) is 88.0 cm³/mol. The third kappa shape index (κ3) is 2.94. The van der Waals surface area contributed by atoms with E-state index in [9.17, 15) is 10.2 Å². The molecular formula is C19H34O2. The molecule has 2 rings (SSSR count). The summed E-state index contributed by atoms with van der Waals surface area (Å²) in [5, 5.41) is 21.5. The summed E-state index contributed by atoms with van der Waals surface area (Å²) in [6.45, 7) is 14.7. The van der Waals surface area contributed by atoms with Crippen LogP contribution in [0.2, 0.25) is 0 Å². The molecule has 2 nitrogen and oxygen atoms in total. The lowest BCUT2D eigenvalue weighted by Crippen LogP contribution is -2.58. The van der Waals surface area contributed by atoms with Gasteiger partial charge in [-0.05, 0) is 68.6 Å². The molecule has 0 spiro atoms. The summed E-state index contributed by atoms with van der Waals surface area (Å²) in [6.07, 6.45) is 7.84. The van der Waals surface area contributed by atoms with Crippen LogP contribution in [-0.2, 0) is 0 Å². The van der Waals surface area contributed by atoms with Crippen LogP contribution in [0.5, 0.6) is 0 Å². The third-order valence-electron chi connectivity index (χ3n) is 6.82. The molecule has 21 heavy (non-hydrogen) atoms. The van der Waals surface area contributed by atoms with Crippen LogP contribution in [0.25, 0.3) is 0 Å². The fourth-order valence-corrected chi connectivity index (χ4v) is 5.57. The normalized spacial score (nSPS) is 45.5. The molecule has 0 bridgehead atoms. The minimum atomic E-state index is -0.902. The Morgan fingerprint density at radius 3 is 2.38 bits per heavy atom. The molecule has 2 saturated carbocycles. The lowest BCUT2D eigenvalue weighted by atomic mass is 9.44. The summed E-state index contributed by atoms with van der Waals surface area (Å²) in [4.78, 5) is 0. The zero-order valence-electron chi connectivity index (χ0n) is 14.6. The van der Waals surface area contributed by atoms with Gasteiger partial charge in [0.1, 0.15) is 0 Å². The fraction of sp³-hybridized carbons (Fsp3) is 0.895. The smallest absolute Gasteiger partial charge is 0.0801 e. The van der Waals surface area contributed by atoms with Gasteiger partial charge in [-0.2, -0.15) is 0 Å². The molecule has 0 saturated heterocycles. The molecule has 2 aliphatic carbocycles. The quantitative estimate of drug-likeness (QED) is 0.762. The monoisotopic (exact) mass is 294 g/mol. The van der Waals surface area contributed by atoms with Gasteiger partial charge in [0.25, 0.3) is 0 Å². The number of fused-ring (bicyclic) bond motifs is 1. The molecule has 2 aliphatic rings. The minimum absolute atomic E-state index is 0.108. The maximum atomic E-state index is 11.0. The molecule has 2 fully saturated rings. The zero-order valence-corrected chi connectivity index (χ0v) is 14.6. The summed E-state index contributed by atoms with van der Waals surface area (Å²) >= 11 is 0. The van der Waals surface area contributed by atoms with Crippen molar-refractivity contribution in [1.29, 1.82) is 0 Å². The van der Waals surface area contributed by atoms with Crippen LogP contribution in [0.4, 0.5) is 0 Å². The first-order valence-electron chi connectivity index (χ1n) is 8.53. The fourth-order valence-electron chi connectivity index (χ4n) is 5.57. The van der Waals surface area contributed by atoms with Gasteiger partial charge >= 0.3 is 0 Å². The number of aliphatic hydroxyl groups is 2. The Labute approximate surface area is 130 Å². The lowest BCUT2D eigenvalue weighted by molar-refractivity contribution is -0.180. The van der Waals surface area contributed by atoms with Gasteiger partial charge in [0, 0.05) is 0 Å². The van der Waals surface area contributed by atoms with Crippen molar-refractivity contribution in [2.75, 3.05) is 0 Å². The molecule has 0 aromatic rings. The summed E-state index contributed by atoms with van der Waals surface area (Å²) in [6, 6.07) is 0. The van der Waals surface area contributed by atoms with Crippen LogP contribution >= 0.6 is 0 Å². The first-order chi connectivity index (χ1) is 9.45. The summed E-state index contributed by atoms with van der Waals surface area (Å²) in [5.74, 6) is 0.751. The molecule has 2 heteroatoms. The van der Waals surface area contributed by atoms with Crippen LogP contribution in [-0.4, -0.2) is 21.4 Å². The highest BCUT2D eigenvalue weighted by molar-refractivity contribution is 5.10. The molecule has 0 aromatic carbocycles. The Balaban J connectivity index is 2.39. The van der Waals surface area contributed by atoms with Gasteiger partial charge in [-0.3, -0.25) is 0 Å². The molecule has 0 aromatic heterocycles. The summed E-state index contributed by atoms with van der Waals surface area (Å²) in [7, 11) is 0. The standard InChI is InChI=1S/C19H34O2/c1-7-17(4,20)13-15-18(5)11-8-10-16(2,3)14(18)9-12-19(15,6)21/h7,14-15,20-21H,1,8-13H2,2-6H3/t14-,15-,17+,18+,19+/m1/s1. The first kappa shape index (κ1) is 17.0. The van der Waals surface area contributed by atoms with Crippen LogP contribution < -0.4 is 0 Å². The Bertz CT molecular complexity index is 408. The van der Waals surface area contributed by atoms with E-state index in [4.69, 9.17) is 0 Å². The molecule has 5 atom stereocenters. The molecule has 0 heterocycles. The molecular weight excluding hydrogens is 260 g/mol. The van der Waals surface area contributed by atoms with Crippen LogP contribution in [0.1, 0.15) is 73.1 Å². The Kier molecular flexibility index (Phi) is 4.13. The van der Waals surface area contributed by atoms with Crippen LogP contribution in [0, 0.1) is 22.7 Å². The average Bonchev–Trinajstić information content (AvgIpc) is 2.33. The predicted octanol–water partition coefficient (Wildman–Crippen LogP) is 4.31. The van der Waals surface area contributed by atoms with Crippen LogP contribution in [0.3, 0.4) is 0 Å². The van der Waals surface area contributed by atoms with E-state index < -0.39 is 11.2 Å². The van der Waals surface area contributed by atoms with E-state index in [2.05, 4.69) is 27.4 Å². The highest BCUT2D eigenvalue weighted by Gasteiger charge is 2.58. The van der Waals surface area contributed by atoms with Crippen LogP contribution in [0.15, 0.2) is 12.7 Å². The van der Waals surface area contributed by atoms with Gasteiger partial charge in [0.2, 0.25) is 0 Å². The average molecular weight is 294 g/mol. The van der Waals surface area contributed by atoms with Gasteiger partial charge in [0.05, 0.1) is 11.2 Å². The number of rotatable bonds is 3. The van der Waals surface area contributed by atoms with E-state index in [0.717, 1.165) is 19.3 Å². The van der Waals surface area contributed by atoms with Crippen molar-refractivity contribution in [1.82, 2.24) is 0 Å². The number of hydrogen-bond donors (Lipinski definition) is 2. The third-order valence-corrected chi connectivity index (χ3v) is 6.82. The Hall–Kier alpha value is -0.340. The summed E-state index contributed by atoms with van der Waals surface area (Å²) < 4.78 is 0. The van der Waals surface area contributed by atoms with E-state index in [0.29, 0.717) is 17.8 Å². The lowest BCUT2D eigenvalue weighted by Gasteiger charge is -2.62. The molecule has 0 aliphatic heterocycles. The highest BCUT2D eigenvalue weighted by atomic mass is 16.3. The Morgan fingerprint density at radius 2 is 1.81 bits per heavy atom. The van der Waals surface area contributed by atoms with Crippen molar-refractivity contribution in [3.8, 4) is 0 Å². The van der Waals surface area contributed by atoms with E-state index in [1.807, 2.05) is 13.8 Å². The maximum absolute atomic E-state index is 11.0. The topological polar surface area (TPSA) is 40.5 Å². The molecule has 2 N–H and O–H groups in total. The van der Waals surface area contributed by atoms with Crippen molar-refractivity contribution >= 4 is 0 Å². The van der Waals surface area contributed by atoms with E-state index >= 15 is 0 Å². The minimum Gasteiger partial charge on any atom is -0.390 e. The highest BCUT2D eigenvalue weighted by Crippen LogP contribution is 2.63. The maximum Gasteiger partial charge on any atom is 0.0801 e. The molecule has 122 valence electrons. The molecule has 0 amide bonds. The van der Waals surface area contributed by atoms with Gasteiger partial charge in [-0.1, -0.05) is 33.3 Å². The van der Waals surface area contributed by atoms with Gasteiger partial charge < -0.3 is 10.2 Å². The van der Waals surface area contributed by atoms with Crippen molar-refractivity contribution < 1.29 is 10.2 Å². The van der Waals surface area contributed by atoms with Gasteiger partial charge in [0.15, 0.2) is 0 Å². The second-order valence-electron chi connectivity index (χ2n) is 9.11. The SMILES string of the molecule is C=C[C@](C)(O)C[C@@H]1[C@@]2(C)CCCC(C)(C)[C@H]2CC[C@]1(C)O. The molecule has 0 radical (unpaired) electrons. The largest absolute Gasteiger partial charge is 0.390 e. The van der Waals surface area contributed by atoms with E-state index in [-0.39, 0.29) is 11.3 Å². The second-order valence-corrected chi connectivity index (χ2v) is 9.11. The summed E-state index contributed by atoms with van der Waals surface area (Å²) in [5.41, 5.74) is -1.15. The molecule has 0 unspecified atom stereocenters. The zero-order chi connectivity index (χ0) is 16.1. The Morgan fingerprint density at radius 1 is 1.19 bits per heavy atom.